The number of quaternary nitrogens is 1. The summed E-state index contributed by atoms with van der Waals surface area (Å²) in [4.78, 5) is 23.3. The molecule has 392 valence electrons. The van der Waals surface area contributed by atoms with E-state index in [0.29, 0.717) is 17.4 Å². The lowest BCUT2D eigenvalue weighted by Gasteiger charge is -2.25. The normalized spacial score (nSPS) is 14.1. The summed E-state index contributed by atoms with van der Waals surface area (Å²) in [5.74, 6) is -0.177. The van der Waals surface area contributed by atoms with Crippen molar-refractivity contribution in [2.45, 2.75) is 296 Å². The van der Waals surface area contributed by atoms with Crippen molar-refractivity contribution in [1.29, 1.82) is 0 Å². The van der Waals surface area contributed by atoms with Crippen molar-refractivity contribution in [3.05, 3.63) is 24.3 Å². The van der Waals surface area contributed by atoms with Gasteiger partial charge >= 0.3 is 7.82 Å². The molecule has 0 aromatic rings. The van der Waals surface area contributed by atoms with Crippen LogP contribution in [0.2, 0.25) is 0 Å². The van der Waals surface area contributed by atoms with E-state index in [-0.39, 0.29) is 19.1 Å². The third kappa shape index (κ3) is 50.8. The second-order valence-electron chi connectivity index (χ2n) is 21.0. The van der Waals surface area contributed by atoms with Crippen molar-refractivity contribution in [1.82, 2.24) is 5.32 Å². The number of allylic oxidation sites excluding steroid dienone is 3. The summed E-state index contributed by atoms with van der Waals surface area (Å²) in [5.41, 5.74) is 0. The Hall–Kier alpha value is -1.02. The van der Waals surface area contributed by atoms with Crippen molar-refractivity contribution in [3.8, 4) is 0 Å². The molecule has 3 atom stereocenters. The number of hydrogen-bond acceptors (Lipinski definition) is 5. The first-order chi connectivity index (χ1) is 32.0. The minimum Gasteiger partial charge on any atom is -0.387 e. The molecule has 3 N–H and O–H groups in total. The maximum Gasteiger partial charge on any atom is 0.472 e. The van der Waals surface area contributed by atoms with Gasteiger partial charge in [0.15, 0.2) is 0 Å². The fourth-order valence-electron chi connectivity index (χ4n) is 8.63. The summed E-state index contributed by atoms with van der Waals surface area (Å²) in [7, 11) is 1.58. The van der Waals surface area contributed by atoms with Crippen LogP contribution in [-0.4, -0.2) is 73.4 Å². The number of unbranched alkanes of at least 4 members (excludes halogenated alkanes) is 38. The van der Waals surface area contributed by atoms with Crippen LogP contribution in [0.3, 0.4) is 0 Å². The van der Waals surface area contributed by atoms with Crippen molar-refractivity contribution >= 4 is 13.7 Å². The van der Waals surface area contributed by atoms with Gasteiger partial charge in [0, 0.05) is 6.42 Å². The zero-order valence-corrected chi connectivity index (χ0v) is 45.6. The molecule has 0 aromatic heterocycles. The number of aliphatic hydroxyl groups is 1. The average molecular weight is 955 g/mol. The van der Waals surface area contributed by atoms with Crippen LogP contribution >= 0.6 is 7.82 Å². The van der Waals surface area contributed by atoms with Crippen molar-refractivity contribution in [3.63, 3.8) is 0 Å². The molecule has 0 aromatic carbocycles. The zero-order valence-electron chi connectivity index (χ0n) is 44.7. The number of amides is 1. The van der Waals surface area contributed by atoms with E-state index in [1.807, 2.05) is 27.2 Å². The standard InChI is InChI=1S/C57H113N2O6P/c1-6-8-10-12-14-16-18-20-22-24-26-28-30-32-34-36-38-40-42-44-46-48-50-56(60)55(54-65-66(62,63)64-53-52-59(3,4)5)58-57(61)51-49-47-45-43-41-39-37-35-33-31-29-27-25-23-21-19-17-15-13-11-9-7-2/h31,33,48,50,55-56,60H,6-30,32,34-47,49,51-54H2,1-5H3,(H-,58,61,62,63)/p+1/b33-31-,50-48+. The second kappa shape index (κ2) is 49.0. The van der Waals surface area contributed by atoms with Crippen LogP contribution < -0.4 is 5.32 Å². The number of phosphoric ester groups is 1. The molecule has 0 aliphatic rings. The summed E-state index contributed by atoms with van der Waals surface area (Å²) < 4.78 is 23.7. The lowest BCUT2D eigenvalue weighted by Crippen LogP contribution is -2.45. The number of nitrogens with one attached hydrogen (secondary N) is 1. The maximum absolute atomic E-state index is 13.0. The summed E-state index contributed by atoms with van der Waals surface area (Å²) in [6.07, 6.45) is 61.3. The quantitative estimate of drug-likeness (QED) is 0.0243. The number of hydrogen-bond donors (Lipinski definition) is 3. The van der Waals surface area contributed by atoms with Crippen LogP contribution in [0, 0.1) is 0 Å². The third-order valence-electron chi connectivity index (χ3n) is 13.2. The smallest absolute Gasteiger partial charge is 0.387 e. The second-order valence-corrected chi connectivity index (χ2v) is 22.5. The molecule has 8 nitrogen and oxygen atoms in total. The average Bonchev–Trinajstić information content (AvgIpc) is 3.28. The highest BCUT2D eigenvalue weighted by Crippen LogP contribution is 2.43. The fourth-order valence-corrected chi connectivity index (χ4v) is 9.36. The van der Waals surface area contributed by atoms with E-state index in [4.69, 9.17) is 9.05 Å². The maximum atomic E-state index is 13.0. The van der Waals surface area contributed by atoms with E-state index in [0.717, 1.165) is 38.5 Å². The van der Waals surface area contributed by atoms with Gasteiger partial charge in [-0.15, -0.1) is 0 Å². The Labute approximate surface area is 411 Å². The van der Waals surface area contributed by atoms with E-state index in [2.05, 4.69) is 31.3 Å². The molecule has 0 saturated carbocycles. The molecule has 0 bridgehead atoms. The van der Waals surface area contributed by atoms with Gasteiger partial charge in [0.05, 0.1) is 39.9 Å². The predicted molar refractivity (Wildman–Crippen MR) is 286 cm³/mol. The van der Waals surface area contributed by atoms with Gasteiger partial charge in [-0.3, -0.25) is 13.8 Å². The minimum atomic E-state index is -4.35. The Kier molecular flexibility index (Phi) is 48.2. The molecule has 0 heterocycles. The first-order valence-electron chi connectivity index (χ1n) is 28.7. The zero-order chi connectivity index (χ0) is 48.5. The van der Waals surface area contributed by atoms with Crippen LogP contribution in [0.4, 0.5) is 0 Å². The molecule has 9 heteroatoms. The van der Waals surface area contributed by atoms with Gasteiger partial charge in [-0.05, 0) is 44.9 Å². The van der Waals surface area contributed by atoms with Gasteiger partial charge in [-0.2, -0.15) is 0 Å². The summed E-state index contributed by atoms with van der Waals surface area (Å²) in [5, 5.41) is 13.9. The molecule has 3 unspecified atom stereocenters. The van der Waals surface area contributed by atoms with Gasteiger partial charge in [0.2, 0.25) is 5.91 Å². The Morgan fingerprint density at radius 1 is 0.500 bits per heavy atom. The fraction of sp³-hybridized carbons (Fsp3) is 0.912. The topological polar surface area (TPSA) is 105 Å². The number of carbonyl (C=O) groups excluding carboxylic acids is 1. The molecule has 0 rings (SSSR count). The summed E-state index contributed by atoms with van der Waals surface area (Å²) in [6, 6.07) is -0.847. The molecule has 0 saturated heterocycles. The minimum absolute atomic E-state index is 0.0623. The Morgan fingerprint density at radius 2 is 0.818 bits per heavy atom. The highest BCUT2D eigenvalue weighted by Gasteiger charge is 2.27. The van der Waals surface area contributed by atoms with Crippen LogP contribution in [0.5, 0.6) is 0 Å². The molecule has 0 aliphatic carbocycles. The largest absolute Gasteiger partial charge is 0.472 e. The van der Waals surface area contributed by atoms with Gasteiger partial charge in [-0.1, -0.05) is 256 Å². The SMILES string of the molecule is CCCCCCCCCCCCC/C=C\CCCCCCCCCC(=O)NC(COP(=O)(O)OCC[N+](C)(C)C)C(O)/C=C/CCCCCCCCCCCCCCCCCCCCCC. The Morgan fingerprint density at radius 3 is 1.17 bits per heavy atom. The number of nitrogens with zero attached hydrogens (tertiary/aromatic N) is 1. The number of likely N-dealkylation sites (N-methyl/N-ethyl adjacent to an activating group) is 1. The third-order valence-corrected chi connectivity index (χ3v) is 14.1. The van der Waals surface area contributed by atoms with Crippen LogP contribution in [-0.2, 0) is 18.4 Å². The van der Waals surface area contributed by atoms with E-state index >= 15 is 0 Å². The molecular weight excluding hydrogens is 840 g/mol. The van der Waals surface area contributed by atoms with E-state index in [1.165, 1.54) is 225 Å². The molecule has 0 aliphatic heterocycles. The van der Waals surface area contributed by atoms with Crippen LogP contribution in [0.15, 0.2) is 24.3 Å². The van der Waals surface area contributed by atoms with Gasteiger partial charge in [0.1, 0.15) is 13.2 Å². The molecule has 1 amide bonds. The first kappa shape index (κ1) is 65.0. The molecule has 0 spiro atoms. The van der Waals surface area contributed by atoms with Gasteiger partial charge in [0.25, 0.3) is 0 Å². The first-order valence-corrected chi connectivity index (χ1v) is 30.2. The monoisotopic (exact) mass is 954 g/mol. The molecule has 66 heavy (non-hydrogen) atoms. The van der Waals surface area contributed by atoms with E-state index < -0.39 is 20.0 Å². The summed E-state index contributed by atoms with van der Waals surface area (Å²) in [6.45, 7) is 4.85. The van der Waals surface area contributed by atoms with Crippen molar-refractivity contribution < 1.29 is 32.9 Å². The van der Waals surface area contributed by atoms with E-state index in [9.17, 15) is 19.4 Å². The highest BCUT2D eigenvalue weighted by molar-refractivity contribution is 7.47. The Balaban J connectivity index is 4.22. The lowest BCUT2D eigenvalue weighted by atomic mass is 10.0. The lowest BCUT2D eigenvalue weighted by molar-refractivity contribution is -0.870. The number of phosphoric acid groups is 1. The van der Waals surface area contributed by atoms with Gasteiger partial charge < -0.3 is 19.8 Å². The predicted octanol–water partition coefficient (Wildman–Crippen LogP) is 17.2. The highest BCUT2D eigenvalue weighted by atomic mass is 31.2. The van der Waals surface area contributed by atoms with Gasteiger partial charge in [-0.25, -0.2) is 4.57 Å². The van der Waals surface area contributed by atoms with Crippen molar-refractivity contribution in [2.24, 2.45) is 0 Å². The molecular formula is C57H114N2O6P+. The molecule has 0 fully saturated rings. The van der Waals surface area contributed by atoms with Crippen molar-refractivity contribution in [2.75, 3.05) is 40.9 Å². The number of carbonyl (C=O) groups is 1. The summed E-state index contributed by atoms with van der Waals surface area (Å²) >= 11 is 0. The van der Waals surface area contributed by atoms with Crippen LogP contribution in [0.1, 0.15) is 284 Å². The van der Waals surface area contributed by atoms with Crippen LogP contribution in [0.25, 0.3) is 0 Å². The van der Waals surface area contributed by atoms with E-state index in [1.54, 1.807) is 6.08 Å². The number of aliphatic hydroxyl groups excluding tert-OH is 1. The number of rotatable bonds is 53. The molecule has 0 radical (unpaired) electrons. The Bertz CT molecular complexity index is 1130.